The van der Waals surface area contributed by atoms with Gasteiger partial charge in [-0.25, -0.2) is 0 Å². The minimum absolute atomic E-state index is 0.625. The Balaban J connectivity index is 0. The molecule has 0 heterocycles. The van der Waals surface area contributed by atoms with Crippen molar-refractivity contribution in [1.29, 1.82) is 0 Å². The molecule has 0 aromatic carbocycles. The zero-order chi connectivity index (χ0) is 8.62. The third-order valence-electron chi connectivity index (χ3n) is 2.56. The third kappa shape index (κ3) is 4.84. The Labute approximate surface area is 67.0 Å². The zero-order valence-corrected chi connectivity index (χ0v) is 8.62. The van der Waals surface area contributed by atoms with Gasteiger partial charge in [-0.2, -0.15) is 0 Å². The topological polar surface area (TPSA) is 0 Å². The van der Waals surface area contributed by atoms with Gasteiger partial charge in [0.15, 0.2) is 0 Å². The summed E-state index contributed by atoms with van der Waals surface area (Å²) >= 11 is 0. The fraction of sp³-hybridized carbons (Fsp3) is 1.00. The molecule has 0 aliphatic rings. The molecule has 0 saturated carbocycles. The summed E-state index contributed by atoms with van der Waals surface area (Å²) in [5.41, 5.74) is 0.625. The second-order valence-electron chi connectivity index (χ2n) is 2.87. The van der Waals surface area contributed by atoms with Crippen LogP contribution in [0.25, 0.3) is 0 Å². The van der Waals surface area contributed by atoms with Gasteiger partial charge in [0.25, 0.3) is 0 Å². The first-order chi connectivity index (χ1) is 4.68. The number of hydrogen-bond acceptors (Lipinski definition) is 0. The van der Waals surface area contributed by atoms with Crippen molar-refractivity contribution in [3.05, 3.63) is 0 Å². The van der Waals surface area contributed by atoms with E-state index >= 15 is 0 Å². The number of hydrogen-bond donors (Lipinski definition) is 0. The summed E-state index contributed by atoms with van der Waals surface area (Å²) in [6.45, 7) is 13.2. The molecule has 0 heteroatoms. The minimum Gasteiger partial charge on any atom is -0.0683 e. The van der Waals surface area contributed by atoms with Crippen molar-refractivity contribution >= 4 is 0 Å². The van der Waals surface area contributed by atoms with E-state index in [1.807, 2.05) is 13.8 Å². The van der Waals surface area contributed by atoms with Crippen molar-refractivity contribution in [2.45, 2.75) is 60.8 Å². The van der Waals surface area contributed by atoms with E-state index in [4.69, 9.17) is 0 Å². The maximum atomic E-state index is 2.35. The van der Waals surface area contributed by atoms with Crippen molar-refractivity contribution in [3.8, 4) is 0 Å². The van der Waals surface area contributed by atoms with E-state index in [0.717, 1.165) is 0 Å². The van der Waals surface area contributed by atoms with Gasteiger partial charge in [-0.1, -0.05) is 60.8 Å². The van der Waals surface area contributed by atoms with Crippen LogP contribution in [-0.2, 0) is 0 Å². The van der Waals surface area contributed by atoms with Crippen LogP contribution in [0.15, 0.2) is 0 Å². The van der Waals surface area contributed by atoms with Crippen LogP contribution >= 0.6 is 0 Å². The van der Waals surface area contributed by atoms with Crippen molar-refractivity contribution in [2.75, 3.05) is 0 Å². The lowest BCUT2D eigenvalue weighted by Gasteiger charge is -2.23. The first-order valence-corrected chi connectivity index (χ1v) is 4.68. The Bertz CT molecular complexity index is 42.8. The molecular formula is C10H24. The lowest BCUT2D eigenvalue weighted by atomic mass is 9.82. The lowest BCUT2D eigenvalue weighted by molar-refractivity contribution is 0.286. The normalized spacial score (nSPS) is 10.2. The van der Waals surface area contributed by atoms with Crippen LogP contribution in [-0.4, -0.2) is 0 Å². The fourth-order valence-corrected chi connectivity index (χ4v) is 0.750. The van der Waals surface area contributed by atoms with E-state index in [9.17, 15) is 0 Å². The molecule has 0 atom stereocenters. The average Bonchev–Trinajstić information content (AvgIpc) is 2.07. The van der Waals surface area contributed by atoms with Gasteiger partial charge in [-0.3, -0.25) is 0 Å². The molecule has 0 aliphatic carbocycles. The fourth-order valence-electron chi connectivity index (χ4n) is 0.750. The first kappa shape index (κ1) is 12.7. The van der Waals surface area contributed by atoms with Gasteiger partial charge in [0, 0.05) is 0 Å². The summed E-state index contributed by atoms with van der Waals surface area (Å²) in [4.78, 5) is 0. The van der Waals surface area contributed by atoms with Gasteiger partial charge in [-0.05, 0) is 5.41 Å². The van der Waals surface area contributed by atoms with E-state index in [0.29, 0.717) is 5.41 Å². The van der Waals surface area contributed by atoms with E-state index in [2.05, 4.69) is 27.7 Å². The van der Waals surface area contributed by atoms with E-state index in [1.165, 1.54) is 19.3 Å². The van der Waals surface area contributed by atoms with Crippen molar-refractivity contribution in [3.63, 3.8) is 0 Å². The van der Waals surface area contributed by atoms with Crippen molar-refractivity contribution < 1.29 is 0 Å². The minimum atomic E-state index is 0.625. The third-order valence-corrected chi connectivity index (χ3v) is 2.56. The Kier molecular flexibility index (Phi) is 9.00. The molecule has 0 bridgehead atoms. The highest BCUT2D eigenvalue weighted by molar-refractivity contribution is 4.67. The summed E-state index contributed by atoms with van der Waals surface area (Å²) in [7, 11) is 0. The molecule has 0 aromatic heterocycles. The summed E-state index contributed by atoms with van der Waals surface area (Å²) in [5.74, 6) is 0. The van der Waals surface area contributed by atoms with E-state index in [-0.39, 0.29) is 0 Å². The van der Waals surface area contributed by atoms with E-state index in [1.54, 1.807) is 0 Å². The monoisotopic (exact) mass is 144 g/mol. The van der Waals surface area contributed by atoms with Gasteiger partial charge in [0.2, 0.25) is 0 Å². The van der Waals surface area contributed by atoms with Gasteiger partial charge in [-0.15, -0.1) is 0 Å². The van der Waals surface area contributed by atoms with Gasteiger partial charge in [0.1, 0.15) is 0 Å². The molecule has 0 aliphatic heterocycles. The standard InChI is InChI=1S/C8H18.C2H6/c1-5-8(4,6-2)7-3;1-2/h5-7H2,1-4H3;1-2H3. The highest BCUT2D eigenvalue weighted by Crippen LogP contribution is 2.28. The molecule has 10 heavy (non-hydrogen) atoms. The molecule has 0 fully saturated rings. The van der Waals surface area contributed by atoms with E-state index < -0.39 is 0 Å². The molecule has 0 nitrogen and oxygen atoms in total. The highest BCUT2D eigenvalue weighted by atomic mass is 14.2. The van der Waals surface area contributed by atoms with Crippen LogP contribution in [0.3, 0.4) is 0 Å². The maximum Gasteiger partial charge on any atom is -0.0334 e. The molecule has 0 rings (SSSR count). The Hall–Kier alpha value is 0. The summed E-state index contributed by atoms with van der Waals surface area (Å²) in [5, 5.41) is 0. The zero-order valence-electron chi connectivity index (χ0n) is 8.62. The predicted molar refractivity (Wildman–Crippen MR) is 50.3 cm³/mol. The summed E-state index contributed by atoms with van der Waals surface area (Å²) < 4.78 is 0. The number of rotatable bonds is 3. The summed E-state index contributed by atoms with van der Waals surface area (Å²) in [6.07, 6.45) is 3.96. The van der Waals surface area contributed by atoms with Crippen LogP contribution in [0, 0.1) is 5.41 Å². The molecule has 0 spiro atoms. The van der Waals surface area contributed by atoms with Crippen molar-refractivity contribution in [1.82, 2.24) is 0 Å². The van der Waals surface area contributed by atoms with Crippen molar-refractivity contribution in [2.24, 2.45) is 5.41 Å². The van der Waals surface area contributed by atoms with Crippen LogP contribution in [0.5, 0.6) is 0 Å². The smallest absolute Gasteiger partial charge is 0.0334 e. The first-order valence-electron chi connectivity index (χ1n) is 4.68. The maximum absolute atomic E-state index is 2.35. The molecule has 0 amide bonds. The SMILES string of the molecule is CC.CCC(C)(CC)CC. The Morgan fingerprint density at radius 1 is 0.800 bits per heavy atom. The average molecular weight is 144 g/mol. The van der Waals surface area contributed by atoms with Gasteiger partial charge < -0.3 is 0 Å². The van der Waals surface area contributed by atoms with Crippen LogP contribution < -0.4 is 0 Å². The Morgan fingerprint density at radius 2 is 1.00 bits per heavy atom. The van der Waals surface area contributed by atoms with Crippen LogP contribution in [0.4, 0.5) is 0 Å². The molecule has 0 unspecified atom stereocenters. The second-order valence-corrected chi connectivity index (χ2v) is 2.87. The molecule has 0 radical (unpaired) electrons. The lowest BCUT2D eigenvalue weighted by Crippen LogP contribution is -2.10. The largest absolute Gasteiger partial charge is 0.0683 e. The quantitative estimate of drug-likeness (QED) is 0.555. The molecule has 0 N–H and O–H groups in total. The Morgan fingerprint density at radius 3 is 1.00 bits per heavy atom. The predicted octanol–water partition coefficient (Wildman–Crippen LogP) is 4.25. The van der Waals surface area contributed by atoms with Crippen LogP contribution in [0.1, 0.15) is 60.8 Å². The molecule has 0 aromatic rings. The molecule has 64 valence electrons. The molecular weight excluding hydrogens is 120 g/mol. The van der Waals surface area contributed by atoms with Gasteiger partial charge in [0.05, 0.1) is 0 Å². The second kappa shape index (κ2) is 7.11. The highest BCUT2D eigenvalue weighted by Gasteiger charge is 2.15. The molecule has 0 saturated heterocycles. The van der Waals surface area contributed by atoms with Gasteiger partial charge >= 0.3 is 0 Å². The summed E-state index contributed by atoms with van der Waals surface area (Å²) in [6, 6.07) is 0. The van der Waals surface area contributed by atoms with Crippen LogP contribution in [0.2, 0.25) is 0 Å².